The Morgan fingerprint density at radius 2 is 1.52 bits per heavy atom. The van der Waals surface area contributed by atoms with Crippen molar-refractivity contribution in [2.75, 3.05) is 0 Å². The molecular formula is C21H24O4. The zero-order chi connectivity index (χ0) is 18.7. The molecule has 0 heterocycles. The molecule has 0 radical (unpaired) electrons. The number of carboxylic acids is 2. The van der Waals surface area contributed by atoms with Crippen LogP contribution in [0.4, 0.5) is 0 Å². The lowest BCUT2D eigenvalue weighted by Gasteiger charge is -2.27. The number of carbonyl (C=O) groups is 2. The molecule has 25 heavy (non-hydrogen) atoms. The Balaban J connectivity index is 2.72. The highest BCUT2D eigenvalue weighted by atomic mass is 16.4. The fourth-order valence-electron chi connectivity index (χ4n) is 3.39. The molecule has 0 fully saturated rings. The van der Waals surface area contributed by atoms with Crippen LogP contribution in [0.25, 0.3) is 0 Å². The van der Waals surface area contributed by atoms with Crippen molar-refractivity contribution >= 4 is 11.9 Å². The monoisotopic (exact) mass is 340 g/mol. The van der Waals surface area contributed by atoms with Crippen molar-refractivity contribution in [3.63, 3.8) is 0 Å². The van der Waals surface area contributed by atoms with Crippen LogP contribution in [0.5, 0.6) is 0 Å². The van der Waals surface area contributed by atoms with E-state index >= 15 is 0 Å². The third-order valence-corrected chi connectivity index (χ3v) is 5.13. The summed E-state index contributed by atoms with van der Waals surface area (Å²) in [6.07, 6.45) is -0.416. The standard InChI is InChI=1S/C21H24O4/c1-12-10-17(15(4)14(3)13(12)2)20(16-8-6-5-7-9-16)18(21(24)25)11-19(22)23/h5-10,18,20H,11H2,1-4H3,(H,22,23)(H,24,25). The third-order valence-electron chi connectivity index (χ3n) is 5.13. The Morgan fingerprint density at radius 1 is 0.920 bits per heavy atom. The smallest absolute Gasteiger partial charge is 0.308 e. The molecule has 0 aliphatic carbocycles. The fourth-order valence-corrected chi connectivity index (χ4v) is 3.39. The predicted molar refractivity (Wildman–Crippen MR) is 97.1 cm³/mol. The molecule has 2 aromatic carbocycles. The molecule has 2 rings (SSSR count). The summed E-state index contributed by atoms with van der Waals surface area (Å²) in [5.41, 5.74) is 6.11. The van der Waals surface area contributed by atoms with Gasteiger partial charge in [-0.25, -0.2) is 0 Å². The van der Waals surface area contributed by atoms with E-state index in [1.54, 1.807) is 0 Å². The number of hydrogen-bond donors (Lipinski definition) is 2. The van der Waals surface area contributed by atoms with E-state index in [4.69, 9.17) is 0 Å². The van der Waals surface area contributed by atoms with Crippen LogP contribution in [0, 0.1) is 33.6 Å². The lowest BCUT2D eigenvalue weighted by atomic mass is 9.75. The number of aliphatic carboxylic acids is 2. The Labute approximate surface area is 148 Å². The van der Waals surface area contributed by atoms with Gasteiger partial charge >= 0.3 is 11.9 Å². The Hall–Kier alpha value is -2.62. The van der Waals surface area contributed by atoms with Gasteiger partial charge in [0.05, 0.1) is 12.3 Å². The fraction of sp³-hybridized carbons (Fsp3) is 0.333. The van der Waals surface area contributed by atoms with Crippen LogP contribution in [0.1, 0.15) is 45.7 Å². The molecular weight excluding hydrogens is 316 g/mol. The highest BCUT2D eigenvalue weighted by molar-refractivity contribution is 5.79. The van der Waals surface area contributed by atoms with Gasteiger partial charge in [-0.1, -0.05) is 36.4 Å². The predicted octanol–water partition coefficient (Wildman–Crippen LogP) is 4.23. The second kappa shape index (κ2) is 7.51. The summed E-state index contributed by atoms with van der Waals surface area (Å²) < 4.78 is 0. The topological polar surface area (TPSA) is 74.6 Å². The van der Waals surface area contributed by atoms with Gasteiger partial charge in [-0.2, -0.15) is 0 Å². The molecule has 2 aromatic rings. The molecule has 4 heteroatoms. The van der Waals surface area contributed by atoms with E-state index in [1.165, 1.54) is 5.56 Å². The molecule has 2 N–H and O–H groups in total. The molecule has 0 amide bonds. The number of hydrogen-bond acceptors (Lipinski definition) is 2. The first-order valence-electron chi connectivity index (χ1n) is 8.30. The van der Waals surface area contributed by atoms with Crippen molar-refractivity contribution in [1.82, 2.24) is 0 Å². The van der Waals surface area contributed by atoms with E-state index in [0.29, 0.717) is 0 Å². The van der Waals surface area contributed by atoms with E-state index in [9.17, 15) is 19.8 Å². The summed E-state index contributed by atoms with van der Waals surface area (Å²) >= 11 is 0. The van der Waals surface area contributed by atoms with Gasteiger partial charge in [0.25, 0.3) is 0 Å². The maximum absolute atomic E-state index is 11.9. The first kappa shape index (κ1) is 18.7. The molecule has 2 unspecified atom stereocenters. The maximum atomic E-state index is 11.9. The molecule has 0 bridgehead atoms. The number of rotatable bonds is 6. The SMILES string of the molecule is Cc1cc(C(c2ccccc2)C(CC(=O)O)C(=O)O)c(C)c(C)c1C. The van der Waals surface area contributed by atoms with Gasteiger partial charge < -0.3 is 10.2 Å². The van der Waals surface area contributed by atoms with E-state index < -0.39 is 30.2 Å². The summed E-state index contributed by atoms with van der Waals surface area (Å²) in [4.78, 5) is 23.2. The van der Waals surface area contributed by atoms with Crippen LogP contribution in [0.2, 0.25) is 0 Å². The second-order valence-corrected chi connectivity index (χ2v) is 6.59. The Morgan fingerprint density at radius 3 is 2.04 bits per heavy atom. The van der Waals surface area contributed by atoms with Crippen molar-refractivity contribution < 1.29 is 19.8 Å². The average Bonchev–Trinajstić information content (AvgIpc) is 2.57. The van der Waals surface area contributed by atoms with E-state index in [0.717, 1.165) is 27.8 Å². The summed E-state index contributed by atoms with van der Waals surface area (Å²) in [6, 6.07) is 11.3. The second-order valence-electron chi connectivity index (χ2n) is 6.59. The van der Waals surface area contributed by atoms with Gasteiger partial charge in [0.1, 0.15) is 0 Å². The highest BCUT2D eigenvalue weighted by Gasteiger charge is 2.34. The molecule has 0 saturated carbocycles. The van der Waals surface area contributed by atoms with Crippen molar-refractivity contribution in [1.29, 1.82) is 0 Å². The van der Waals surface area contributed by atoms with Crippen LogP contribution < -0.4 is 0 Å². The number of carboxylic acid groups (broad SMARTS) is 2. The average molecular weight is 340 g/mol. The van der Waals surface area contributed by atoms with Crippen molar-refractivity contribution in [3.05, 3.63) is 69.8 Å². The van der Waals surface area contributed by atoms with Crippen LogP contribution in [-0.4, -0.2) is 22.2 Å². The number of benzene rings is 2. The molecule has 132 valence electrons. The van der Waals surface area contributed by atoms with Crippen molar-refractivity contribution in [3.8, 4) is 0 Å². The van der Waals surface area contributed by atoms with E-state index in [2.05, 4.69) is 0 Å². The van der Waals surface area contributed by atoms with Crippen LogP contribution >= 0.6 is 0 Å². The largest absolute Gasteiger partial charge is 0.481 e. The number of aryl methyl sites for hydroxylation is 1. The molecule has 2 atom stereocenters. The summed E-state index contributed by atoms with van der Waals surface area (Å²) in [7, 11) is 0. The molecule has 0 spiro atoms. The van der Waals surface area contributed by atoms with Crippen LogP contribution in [0.15, 0.2) is 36.4 Å². The van der Waals surface area contributed by atoms with Crippen molar-refractivity contribution in [2.24, 2.45) is 5.92 Å². The van der Waals surface area contributed by atoms with Crippen LogP contribution in [-0.2, 0) is 9.59 Å². The van der Waals surface area contributed by atoms with Gasteiger partial charge in [-0.3, -0.25) is 9.59 Å². The first-order valence-corrected chi connectivity index (χ1v) is 8.30. The first-order chi connectivity index (χ1) is 11.7. The molecule has 0 aromatic heterocycles. The molecule has 0 aliphatic rings. The van der Waals surface area contributed by atoms with Gasteiger partial charge in [0.15, 0.2) is 0 Å². The molecule has 4 nitrogen and oxygen atoms in total. The Bertz CT molecular complexity index is 793. The zero-order valence-corrected chi connectivity index (χ0v) is 15.0. The normalized spacial score (nSPS) is 13.3. The van der Waals surface area contributed by atoms with Gasteiger partial charge in [-0.05, 0) is 61.1 Å². The quantitative estimate of drug-likeness (QED) is 0.825. The lowest BCUT2D eigenvalue weighted by molar-refractivity contribution is -0.148. The molecule has 0 aliphatic heterocycles. The van der Waals surface area contributed by atoms with Crippen LogP contribution in [0.3, 0.4) is 0 Å². The van der Waals surface area contributed by atoms with E-state index in [-0.39, 0.29) is 0 Å². The van der Waals surface area contributed by atoms with Gasteiger partial charge in [0, 0.05) is 5.92 Å². The van der Waals surface area contributed by atoms with E-state index in [1.807, 2.05) is 64.1 Å². The zero-order valence-electron chi connectivity index (χ0n) is 15.0. The minimum Gasteiger partial charge on any atom is -0.481 e. The summed E-state index contributed by atoms with van der Waals surface area (Å²) in [5.74, 6) is -3.73. The third kappa shape index (κ3) is 3.90. The lowest BCUT2D eigenvalue weighted by Crippen LogP contribution is -2.26. The minimum atomic E-state index is -1.11. The minimum absolute atomic E-state index is 0.416. The van der Waals surface area contributed by atoms with Crippen molar-refractivity contribution in [2.45, 2.75) is 40.0 Å². The molecule has 0 saturated heterocycles. The van der Waals surface area contributed by atoms with Gasteiger partial charge in [-0.15, -0.1) is 0 Å². The highest BCUT2D eigenvalue weighted by Crippen LogP contribution is 2.38. The van der Waals surface area contributed by atoms with Gasteiger partial charge in [0.2, 0.25) is 0 Å². The summed E-state index contributed by atoms with van der Waals surface area (Å²) in [6.45, 7) is 8.05. The summed E-state index contributed by atoms with van der Waals surface area (Å²) in [5, 5.41) is 19.0. The maximum Gasteiger partial charge on any atom is 0.308 e. The Kier molecular flexibility index (Phi) is 5.62.